The molecule has 0 saturated carbocycles. The fraction of sp³-hybridized carbons (Fsp3) is 0.286. The van der Waals surface area contributed by atoms with Crippen LogP contribution in [0.5, 0.6) is 5.75 Å². The van der Waals surface area contributed by atoms with Gasteiger partial charge in [0.1, 0.15) is 22.8 Å². The monoisotopic (exact) mass is 415 g/mol. The minimum absolute atomic E-state index is 0.756. The Kier molecular flexibility index (Phi) is 6.93. The molecule has 0 bridgehead atoms. The number of benzene rings is 2. The summed E-state index contributed by atoms with van der Waals surface area (Å²) >= 11 is 0.543. The Hall–Kier alpha value is -2.09. The first kappa shape index (κ1) is 20.6. The minimum atomic E-state index is -1.31. The summed E-state index contributed by atoms with van der Waals surface area (Å²) in [5, 5.41) is 4.35. The van der Waals surface area contributed by atoms with Crippen molar-refractivity contribution in [3.63, 3.8) is 0 Å². The normalized spacial score (nSPS) is 12.0. The molecule has 0 amide bonds. The summed E-state index contributed by atoms with van der Waals surface area (Å²) in [6.45, 7) is 3.87. The zero-order chi connectivity index (χ0) is 20.1. The number of hydrogen-bond donors (Lipinski definition) is 1. The third-order valence-corrected chi connectivity index (χ3v) is 6.70. The maximum atomic E-state index is 12.6. The molecule has 0 radical (unpaired) electrons. The number of thioether (sulfide) groups is 1. The van der Waals surface area contributed by atoms with Crippen LogP contribution in [0, 0.1) is 13.8 Å². The summed E-state index contributed by atoms with van der Waals surface area (Å²) in [6.07, 6.45) is 0. The van der Waals surface area contributed by atoms with Gasteiger partial charge in [-0.3, -0.25) is 4.68 Å². The molecule has 0 aliphatic carbocycles. The van der Waals surface area contributed by atoms with Gasteiger partial charge < -0.3 is 9.29 Å². The van der Waals surface area contributed by atoms with Gasteiger partial charge in [0.05, 0.1) is 18.5 Å². The predicted molar refractivity (Wildman–Crippen MR) is 117 cm³/mol. The fourth-order valence-corrected chi connectivity index (χ4v) is 4.73. The molecule has 5 nitrogen and oxygen atoms in total. The van der Waals surface area contributed by atoms with Gasteiger partial charge in [0.15, 0.2) is 4.90 Å². The lowest BCUT2D eigenvalue weighted by Gasteiger charge is -2.12. The lowest BCUT2D eigenvalue weighted by atomic mass is 10.2. The molecule has 0 aliphatic rings. The molecular weight excluding hydrogens is 390 g/mol. The van der Waals surface area contributed by atoms with Gasteiger partial charge in [-0.2, -0.15) is 21.6 Å². The van der Waals surface area contributed by atoms with Crippen LogP contribution in [0.3, 0.4) is 0 Å². The number of ether oxygens (including phenoxy) is 1. The van der Waals surface area contributed by atoms with Crippen molar-refractivity contribution >= 4 is 28.8 Å². The van der Waals surface area contributed by atoms with Crippen LogP contribution >= 0.6 is 11.8 Å². The zero-order valence-electron chi connectivity index (χ0n) is 16.6. The molecule has 1 N–H and O–H groups in total. The number of hydrogen-bond acceptors (Lipinski definition) is 5. The van der Waals surface area contributed by atoms with Crippen molar-refractivity contribution in [3.05, 3.63) is 71.0 Å². The Bertz CT molecular complexity index is 909. The first-order chi connectivity index (χ1) is 13.5. The minimum Gasteiger partial charge on any atom is -0.588 e. The van der Waals surface area contributed by atoms with Gasteiger partial charge in [0, 0.05) is 18.6 Å². The number of methoxy groups -OCH3 is 1. The molecule has 7 heteroatoms. The van der Waals surface area contributed by atoms with Gasteiger partial charge in [-0.05, 0) is 49.2 Å². The molecule has 1 atom stereocenters. The number of rotatable bonds is 8. The summed E-state index contributed by atoms with van der Waals surface area (Å²) in [7, 11) is 3.56. The average Bonchev–Trinajstić information content (AvgIpc) is 2.95. The molecular formula is C21H25N3O2S2. The predicted octanol–water partition coefficient (Wildman–Crippen LogP) is 4.61. The summed E-state index contributed by atoms with van der Waals surface area (Å²) in [5.41, 5.74) is 5.14. The van der Waals surface area contributed by atoms with Crippen molar-refractivity contribution < 1.29 is 9.29 Å². The second-order valence-corrected chi connectivity index (χ2v) is 8.72. The number of nitrogens with zero attached hydrogens (tertiary/aromatic N) is 2. The van der Waals surface area contributed by atoms with Gasteiger partial charge in [-0.1, -0.05) is 24.3 Å². The zero-order valence-corrected chi connectivity index (χ0v) is 18.2. The quantitative estimate of drug-likeness (QED) is 0.544. The largest absolute Gasteiger partial charge is 0.588 e. The van der Waals surface area contributed by atoms with Gasteiger partial charge in [0.25, 0.3) is 0 Å². The van der Waals surface area contributed by atoms with Crippen LogP contribution in [0.4, 0.5) is 5.69 Å². The summed E-state index contributed by atoms with van der Waals surface area (Å²) in [4.78, 5) is 0.756. The molecule has 148 valence electrons. The van der Waals surface area contributed by atoms with Gasteiger partial charge in [-0.15, -0.1) is 0 Å². The van der Waals surface area contributed by atoms with E-state index in [-0.39, 0.29) is 0 Å². The number of anilines is 1. The first-order valence-corrected chi connectivity index (χ1v) is 11.3. The smallest absolute Gasteiger partial charge is 0.179 e. The van der Waals surface area contributed by atoms with E-state index in [4.69, 9.17) is 4.74 Å². The van der Waals surface area contributed by atoms with Crippen LogP contribution in [0.1, 0.15) is 22.5 Å². The third-order valence-electron chi connectivity index (χ3n) is 4.54. The van der Waals surface area contributed by atoms with Crippen LogP contribution in [-0.4, -0.2) is 21.4 Å². The maximum Gasteiger partial charge on any atom is 0.179 e. The molecule has 3 aromatic rings. The SMILES string of the molecule is COc1ccc(CSCc2ccc([S+]([O-])Nc3c(C)nn(C)c3C)cc2)cc1. The highest BCUT2D eigenvalue weighted by Crippen LogP contribution is 2.24. The van der Waals surface area contributed by atoms with Gasteiger partial charge in [-0.25, -0.2) is 0 Å². The molecule has 28 heavy (non-hydrogen) atoms. The van der Waals surface area contributed by atoms with Crippen LogP contribution in [0.2, 0.25) is 0 Å². The molecule has 0 fully saturated rings. The van der Waals surface area contributed by atoms with Crippen molar-refractivity contribution in [3.8, 4) is 5.75 Å². The van der Waals surface area contributed by atoms with Crippen molar-refractivity contribution in [1.29, 1.82) is 0 Å². The van der Waals surface area contributed by atoms with E-state index in [1.807, 2.05) is 69.1 Å². The van der Waals surface area contributed by atoms with Crippen LogP contribution in [0.15, 0.2) is 53.4 Å². The maximum absolute atomic E-state index is 12.6. The highest BCUT2D eigenvalue weighted by molar-refractivity contribution is 7.97. The fourth-order valence-electron chi connectivity index (χ4n) is 2.79. The molecule has 1 heterocycles. The van der Waals surface area contributed by atoms with Crippen molar-refractivity contribution in [2.75, 3.05) is 11.8 Å². The Balaban J connectivity index is 1.53. The van der Waals surface area contributed by atoms with E-state index in [0.717, 1.165) is 39.2 Å². The average molecular weight is 416 g/mol. The number of aromatic nitrogens is 2. The van der Waals surface area contributed by atoms with Crippen molar-refractivity contribution in [2.24, 2.45) is 7.05 Å². The lowest BCUT2D eigenvalue weighted by molar-refractivity contribution is 0.414. The highest BCUT2D eigenvalue weighted by atomic mass is 32.2. The van der Waals surface area contributed by atoms with Crippen LogP contribution in [0.25, 0.3) is 0 Å². The highest BCUT2D eigenvalue weighted by Gasteiger charge is 2.17. The number of aryl methyl sites for hydroxylation is 2. The Morgan fingerprint density at radius 3 is 2.11 bits per heavy atom. The van der Waals surface area contributed by atoms with E-state index < -0.39 is 11.4 Å². The van der Waals surface area contributed by atoms with E-state index in [2.05, 4.69) is 22.0 Å². The topological polar surface area (TPSA) is 62.1 Å². The standard InChI is InChI=1S/C21H25N3O2S2/c1-15-21(16(2)24(3)22-15)23-28(25)20-11-7-18(8-12-20)14-27-13-17-5-9-19(26-4)10-6-17/h5-12,23H,13-14H2,1-4H3. The van der Waals surface area contributed by atoms with Crippen LogP contribution < -0.4 is 9.46 Å². The van der Waals surface area contributed by atoms with Crippen LogP contribution in [-0.2, 0) is 29.9 Å². The van der Waals surface area contributed by atoms with E-state index in [0.29, 0.717) is 0 Å². The van der Waals surface area contributed by atoms with E-state index in [1.165, 1.54) is 11.1 Å². The van der Waals surface area contributed by atoms with Gasteiger partial charge in [0.2, 0.25) is 0 Å². The molecule has 1 aromatic heterocycles. The summed E-state index contributed by atoms with van der Waals surface area (Å²) in [6, 6.07) is 16.1. The Morgan fingerprint density at radius 1 is 1.04 bits per heavy atom. The van der Waals surface area contributed by atoms with Crippen molar-refractivity contribution in [1.82, 2.24) is 9.78 Å². The van der Waals surface area contributed by atoms with E-state index in [1.54, 1.807) is 11.8 Å². The number of nitrogens with one attached hydrogen (secondary N) is 1. The molecule has 3 rings (SSSR count). The Labute approximate surface area is 173 Å². The molecule has 2 aromatic carbocycles. The summed E-state index contributed by atoms with van der Waals surface area (Å²) < 4.78 is 22.7. The second-order valence-electron chi connectivity index (χ2n) is 6.53. The second kappa shape index (κ2) is 9.41. The molecule has 0 aliphatic heterocycles. The molecule has 0 spiro atoms. The first-order valence-electron chi connectivity index (χ1n) is 8.96. The van der Waals surface area contributed by atoms with E-state index in [9.17, 15) is 4.55 Å². The van der Waals surface area contributed by atoms with E-state index >= 15 is 0 Å². The summed E-state index contributed by atoms with van der Waals surface area (Å²) in [5.74, 6) is 2.73. The lowest BCUT2D eigenvalue weighted by Crippen LogP contribution is -2.14. The van der Waals surface area contributed by atoms with Gasteiger partial charge >= 0.3 is 0 Å². The van der Waals surface area contributed by atoms with Crippen molar-refractivity contribution in [2.45, 2.75) is 30.2 Å². The molecule has 1 unspecified atom stereocenters. The molecule has 0 saturated heterocycles. The Morgan fingerprint density at radius 2 is 1.61 bits per heavy atom. The third kappa shape index (κ3) is 5.04.